The number of thioether (sulfide) groups is 1. The molecule has 1 heterocycles. The second-order valence-corrected chi connectivity index (χ2v) is 7.82. The fraction of sp³-hybridized carbons (Fsp3) is 0.304. The Morgan fingerprint density at radius 2 is 1.90 bits per heavy atom. The fourth-order valence-electron chi connectivity index (χ4n) is 3.02. The number of aryl methyl sites for hydroxylation is 1. The molecule has 0 bridgehead atoms. The van der Waals surface area contributed by atoms with Crippen LogP contribution < -0.4 is 10.6 Å². The lowest BCUT2D eigenvalue weighted by Crippen LogP contribution is -2.38. The van der Waals surface area contributed by atoms with Gasteiger partial charge in [-0.05, 0) is 48.6 Å². The van der Waals surface area contributed by atoms with E-state index in [1.807, 2.05) is 36.6 Å². The number of hydrogen-bond acceptors (Lipinski definition) is 4. The maximum atomic E-state index is 13.5. The minimum absolute atomic E-state index is 0. The molecule has 0 amide bonds. The number of halogens is 2. The Bertz CT molecular complexity index is 991. The molecule has 0 fully saturated rings. The smallest absolute Gasteiger partial charge is 0.226 e. The number of aromatic nitrogens is 1. The molecule has 0 atom stereocenters. The molecule has 2 aromatic carbocycles. The van der Waals surface area contributed by atoms with Crippen LogP contribution in [0, 0.1) is 12.7 Å². The van der Waals surface area contributed by atoms with Gasteiger partial charge >= 0.3 is 0 Å². The summed E-state index contributed by atoms with van der Waals surface area (Å²) in [7, 11) is 1.73. The molecule has 0 aliphatic heterocycles. The lowest BCUT2D eigenvalue weighted by Gasteiger charge is -2.14. The van der Waals surface area contributed by atoms with Gasteiger partial charge < -0.3 is 15.1 Å². The average Bonchev–Trinajstić information content (AvgIpc) is 3.21. The molecule has 0 aliphatic carbocycles. The Hall–Kier alpha value is -2.07. The van der Waals surface area contributed by atoms with Gasteiger partial charge in [-0.3, -0.25) is 4.99 Å². The van der Waals surface area contributed by atoms with Gasteiger partial charge in [0.1, 0.15) is 12.1 Å². The molecular formula is C23H28FIN4OS. The molecule has 0 radical (unpaired) electrons. The SMILES string of the molecule is CN=C(NCCc1coc(-c2ccc(C)cc2)n1)NCc1ccc(F)cc1CSC.I. The number of rotatable bonds is 8. The van der Waals surface area contributed by atoms with Crippen LogP contribution in [0.2, 0.25) is 0 Å². The van der Waals surface area contributed by atoms with E-state index in [2.05, 4.69) is 27.5 Å². The van der Waals surface area contributed by atoms with Crippen LogP contribution >= 0.6 is 35.7 Å². The minimum Gasteiger partial charge on any atom is -0.444 e. The van der Waals surface area contributed by atoms with Gasteiger partial charge in [0.15, 0.2) is 5.96 Å². The molecule has 0 saturated carbocycles. The summed E-state index contributed by atoms with van der Waals surface area (Å²) >= 11 is 1.67. The van der Waals surface area contributed by atoms with Crippen molar-refractivity contribution in [2.75, 3.05) is 19.8 Å². The van der Waals surface area contributed by atoms with Crippen LogP contribution in [0.15, 0.2) is 58.1 Å². The number of hydrogen-bond donors (Lipinski definition) is 2. The van der Waals surface area contributed by atoms with Gasteiger partial charge in [0.25, 0.3) is 0 Å². The lowest BCUT2D eigenvalue weighted by atomic mass is 10.1. The summed E-state index contributed by atoms with van der Waals surface area (Å²) in [6.07, 6.45) is 4.42. The molecule has 3 rings (SSSR count). The van der Waals surface area contributed by atoms with Gasteiger partial charge in [0, 0.05) is 37.9 Å². The van der Waals surface area contributed by atoms with E-state index >= 15 is 0 Å². The van der Waals surface area contributed by atoms with Gasteiger partial charge in [0.05, 0.1) is 5.69 Å². The monoisotopic (exact) mass is 554 g/mol. The minimum atomic E-state index is -0.206. The molecule has 8 heteroatoms. The zero-order valence-corrected chi connectivity index (χ0v) is 21.1. The highest BCUT2D eigenvalue weighted by Gasteiger charge is 2.08. The van der Waals surface area contributed by atoms with Crippen LogP contribution in [0.4, 0.5) is 4.39 Å². The lowest BCUT2D eigenvalue weighted by molar-refractivity contribution is 0.572. The van der Waals surface area contributed by atoms with E-state index in [9.17, 15) is 4.39 Å². The topological polar surface area (TPSA) is 62.5 Å². The van der Waals surface area contributed by atoms with Crippen molar-refractivity contribution in [2.24, 2.45) is 4.99 Å². The zero-order valence-electron chi connectivity index (χ0n) is 17.9. The van der Waals surface area contributed by atoms with E-state index in [4.69, 9.17) is 4.42 Å². The number of benzene rings is 2. The van der Waals surface area contributed by atoms with E-state index in [1.54, 1.807) is 31.1 Å². The molecule has 166 valence electrons. The first-order valence-corrected chi connectivity index (χ1v) is 11.2. The third-order valence-corrected chi connectivity index (χ3v) is 5.26. The third-order valence-electron chi connectivity index (χ3n) is 4.66. The number of oxazole rings is 1. The van der Waals surface area contributed by atoms with Gasteiger partial charge in [-0.1, -0.05) is 23.8 Å². The number of aliphatic imine (C=N–C) groups is 1. The van der Waals surface area contributed by atoms with Crippen molar-refractivity contribution in [3.63, 3.8) is 0 Å². The number of nitrogens with zero attached hydrogens (tertiary/aromatic N) is 2. The quantitative estimate of drug-likeness (QED) is 0.229. The van der Waals surface area contributed by atoms with Crippen LogP contribution in [0.1, 0.15) is 22.4 Å². The third kappa shape index (κ3) is 7.53. The highest BCUT2D eigenvalue weighted by Crippen LogP contribution is 2.19. The summed E-state index contributed by atoms with van der Waals surface area (Å²) in [5, 5.41) is 6.58. The molecule has 0 saturated heterocycles. The molecule has 1 aromatic heterocycles. The van der Waals surface area contributed by atoms with E-state index in [-0.39, 0.29) is 29.8 Å². The van der Waals surface area contributed by atoms with Crippen LogP contribution in [-0.4, -0.2) is 30.8 Å². The normalized spacial score (nSPS) is 11.2. The van der Waals surface area contributed by atoms with Crippen molar-refractivity contribution < 1.29 is 8.81 Å². The van der Waals surface area contributed by atoms with E-state index < -0.39 is 0 Å². The molecule has 2 N–H and O–H groups in total. The van der Waals surface area contributed by atoms with Crippen molar-refractivity contribution >= 4 is 41.7 Å². The Balaban J connectivity index is 0.00000341. The summed E-state index contributed by atoms with van der Waals surface area (Å²) < 4.78 is 19.1. The summed E-state index contributed by atoms with van der Waals surface area (Å²) in [4.78, 5) is 8.82. The van der Waals surface area contributed by atoms with Crippen molar-refractivity contribution in [3.05, 3.63) is 76.9 Å². The second-order valence-electron chi connectivity index (χ2n) is 6.96. The molecule has 3 aromatic rings. The number of nitrogens with one attached hydrogen (secondary N) is 2. The Kier molecular flexibility index (Phi) is 10.3. The molecule has 0 unspecified atom stereocenters. The standard InChI is InChI=1S/C23H27FN4OS.HI/c1-16-4-6-17(7-5-16)22-28-21(14-29-22)10-11-26-23(25-2)27-13-18-8-9-20(24)12-19(18)15-30-3;/h4-9,12,14H,10-11,13,15H2,1-3H3,(H2,25,26,27);1H. The zero-order chi connectivity index (χ0) is 21.3. The Morgan fingerprint density at radius 3 is 2.61 bits per heavy atom. The second kappa shape index (κ2) is 12.7. The Labute approximate surface area is 204 Å². The first-order valence-electron chi connectivity index (χ1n) is 9.81. The van der Waals surface area contributed by atoms with Crippen molar-refractivity contribution in [2.45, 2.75) is 25.6 Å². The molecule has 0 spiro atoms. The highest BCUT2D eigenvalue weighted by atomic mass is 127. The predicted molar refractivity (Wildman–Crippen MR) is 138 cm³/mol. The van der Waals surface area contributed by atoms with E-state index in [0.29, 0.717) is 31.4 Å². The van der Waals surface area contributed by atoms with Gasteiger partial charge in [-0.2, -0.15) is 11.8 Å². The predicted octanol–water partition coefficient (Wildman–Crippen LogP) is 5.18. The molecular weight excluding hydrogens is 526 g/mol. The maximum Gasteiger partial charge on any atom is 0.226 e. The molecule has 31 heavy (non-hydrogen) atoms. The summed E-state index contributed by atoms with van der Waals surface area (Å²) in [5.74, 6) is 1.89. The average molecular weight is 554 g/mol. The first kappa shape index (κ1) is 25.2. The van der Waals surface area contributed by atoms with E-state index in [1.165, 1.54) is 11.6 Å². The first-order chi connectivity index (χ1) is 14.6. The van der Waals surface area contributed by atoms with Crippen LogP contribution in [0.3, 0.4) is 0 Å². The largest absolute Gasteiger partial charge is 0.444 e. The number of guanidine groups is 1. The van der Waals surface area contributed by atoms with Crippen molar-refractivity contribution in [3.8, 4) is 11.5 Å². The van der Waals surface area contributed by atoms with E-state index in [0.717, 1.165) is 28.1 Å². The fourth-order valence-corrected chi connectivity index (χ4v) is 3.60. The van der Waals surface area contributed by atoms with Crippen LogP contribution in [-0.2, 0) is 18.7 Å². The van der Waals surface area contributed by atoms with Crippen LogP contribution in [0.25, 0.3) is 11.5 Å². The van der Waals surface area contributed by atoms with Gasteiger partial charge in [-0.25, -0.2) is 9.37 Å². The summed E-state index contributed by atoms with van der Waals surface area (Å²) in [5.41, 5.74) is 5.12. The summed E-state index contributed by atoms with van der Waals surface area (Å²) in [6.45, 7) is 3.30. The maximum absolute atomic E-state index is 13.5. The van der Waals surface area contributed by atoms with Gasteiger partial charge in [-0.15, -0.1) is 24.0 Å². The molecule has 0 aliphatic rings. The van der Waals surface area contributed by atoms with Crippen molar-refractivity contribution in [1.29, 1.82) is 0 Å². The highest BCUT2D eigenvalue weighted by molar-refractivity contribution is 14.0. The van der Waals surface area contributed by atoms with Crippen molar-refractivity contribution in [1.82, 2.24) is 15.6 Å². The summed E-state index contributed by atoms with van der Waals surface area (Å²) in [6, 6.07) is 13.0. The molecule has 5 nitrogen and oxygen atoms in total. The van der Waals surface area contributed by atoms with Gasteiger partial charge in [0.2, 0.25) is 5.89 Å². The Morgan fingerprint density at radius 1 is 1.13 bits per heavy atom. The van der Waals surface area contributed by atoms with Crippen LogP contribution in [0.5, 0.6) is 0 Å².